The summed E-state index contributed by atoms with van der Waals surface area (Å²) >= 11 is 0. The maximum absolute atomic E-state index is 12.7. The average Bonchev–Trinajstić information content (AvgIpc) is 2.08. The Morgan fingerprint density at radius 1 is 1.29 bits per heavy atom. The van der Waals surface area contributed by atoms with Crippen LogP contribution in [0.25, 0.3) is 0 Å². The number of rotatable bonds is 4. The number of alkyl halides is 3. The lowest BCUT2D eigenvalue weighted by Gasteiger charge is -2.26. The second-order valence-electron chi connectivity index (χ2n) is 4.56. The third-order valence-corrected chi connectivity index (χ3v) is 3.47. The van der Waals surface area contributed by atoms with E-state index in [2.05, 4.69) is 6.58 Å². The second-order valence-corrected chi connectivity index (χ2v) is 6.55. The molecule has 3 nitrogen and oxygen atoms in total. The molecule has 1 unspecified atom stereocenters. The molecule has 1 N–H and O–H groups in total. The highest BCUT2D eigenvalue weighted by Crippen LogP contribution is 2.26. The van der Waals surface area contributed by atoms with Gasteiger partial charge in [0.2, 0.25) is 0 Å². The van der Waals surface area contributed by atoms with Gasteiger partial charge in [0.1, 0.15) is 6.04 Å². The fourth-order valence-corrected chi connectivity index (χ4v) is 1.67. The van der Waals surface area contributed by atoms with Crippen molar-refractivity contribution in [3.8, 4) is 0 Å². The Hall–Kier alpha value is -0.690. The highest BCUT2D eigenvalue weighted by molar-refractivity contribution is 7.84. The number of carbonyl (C=O) groups excluding carboxylic acids is 1. The third kappa shape index (κ3) is 4.99. The molecule has 0 saturated carbocycles. The molecule has 0 aliphatic rings. The Morgan fingerprint density at radius 2 is 1.71 bits per heavy atom. The summed E-state index contributed by atoms with van der Waals surface area (Å²) in [6.07, 6.45) is -4.70. The quantitative estimate of drug-likeness (QED) is 0.796. The number of nitrogens with one attached hydrogen (secondary N) is 1. The highest BCUT2D eigenvalue weighted by Gasteiger charge is 2.44. The smallest absolute Gasteiger partial charge is 0.295 e. The molecule has 0 bridgehead atoms. The topological polar surface area (TPSA) is 46.2 Å². The molecule has 0 aromatic rings. The van der Waals surface area contributed by atoms with E-state index in [0.717, 1.165) is 6.92 Å². The van der Waals surface area contributed by atoms with E-state index < -0.39 is 39.3 Å². The van der Waals surface area contributed by atoms with E-state index in [9.17, 15) is 22.2 Å². The largest absolute Gasteiger partial charge is 0.408 e. The monoisotopic (exact) mass is 271 g/mol. The van der Waals surface area contributed by atoms with Gasteiger partial charge >= 0.3 is 6.18 Å². The molecule has 0 aromatic carbocycles. The number of ketones is 1. The van der Waals surface area contributed by atoms with Gasteiger partial charge < -0.3 is 0 Å². The molecule has 17 heavy (non-hydrogen) atoms. The molecule has 0 aliphatic carbocycles. The van der Waals surface area contributed by atoms with Crippen LogP contribution < -0.4 is 4.72 Å². The van der Waals surface area contributed by atoms with Crippen LogP contribution in [0.3, 0.4) is 0 Å². The maximum atomic E-state index is 12.7. The van der Waals surface area contributed by atoms with E-state index in [1.54, 1.807) is 0 Å². The van der Waals surface area contributed by atoms with E-state index in [-0.39, 0.29) is 0 Å². The molecule has 0 radical (unpaired) electrons. The molecule has 0 amide bonds. The lowest BCUT2D eigenvalue weighted by Crippen LogP contribution is -2.49. The van der Waals surface area contributed by atoms with Crippen molar-refractivity contribution >= 4 is 16.8 Å². The first-order valence-electron chi connectivity index (χ1n) is 4.82. The van der Waals surface area contributed by atoms with Crippen molar-refractivity contribution in [3.63, 3.8) is 0 Å². The summed E-state index contributed by atoms with van der Waals surface area (Å²) in [5, 5.41) is 0. The Balaban J connectivity index is 5.06. The van der Waals surface area contributed by atoms with Crippen LogP contribution in [0.2, 0.25) is 0 Å². The van der Waals surface area contributed by atoms with E-state index in [0.29, 0.717) is 0 Å². The zero-order valence-electron chi connectivity index (χ0n) is 10.1. The van der Waals surface area contributed by atoms with Gasteiger partial charge in [-0.3, -0.25) is 4.79 Å². The summed E-state index contributed by atoms with van der Waals surface area (Å²) in [6.45, 7) is 8.66. The number of Topliss-reactive ketones (excluding diaryl/α,β-unsaturated/α-hetero) is 1. The second kappa shape index (κ2) is 5.30. The van der Waals surface area contributed by atoms with Crippen molar-refractivity contribution in [3.05, 3.63) is 12.2 Å². The van der Waals surface area contributed by atoms with Crippen LogP contribution in [0.4, 0.5) is 13.2 Å². The summed E-state index contributed by atoms with van der Waals surface area (Å²) in [5.41, 5.74) is -0.643. The molecule has 2 atom stereocenters. The molecule has 0 heterocycles. The van der Waals surface area contributed by atoms with Gasteiger partial charge in [0.15, 0.2) is 5.78 Å². The molecule has 7 heteroatoms. The summed E-state index contributed by atoms with van der Waals surface area (Å²) in [4.78, 5) is 10.9. The van der Waals surface area contributed by atoms with Crippen molar-refractivity contribution in [1.82, 2.24) is 4.72 Å². The van der Waals surface area contributed by atoms with Crippen LogP contribution >= 0.6 is 0 Å². The zero-order valence-corrected chi connectivity index (χ0v) is 11.0. The van der Waals surface area contributed by atoms with Gasteiger partial charge in [-0.25, -0.2) is 8.93 Å². The fraction of sp³-hybridized carbons (Fsp3) is 0.700. The van der Waals surface area contributed by atoms with E-state index in [4.69, 9.17) is 0 Å². The zero-order chi connectivity index (χ0) is 14.0. The van der Waals surface area contributed by atoms with Crippen molar-refractivity contribution in [2.75, 3.05) is 0 Å². The van der Waals surface area contributed by atoms with Gasteiger partial charge in [0, 0.05) is 5.57 Å². The molecular weight excluding hydrogens is 255 g/mol. The van der Waals surface area contributed by atoms with Gasteiger partial charge in [-0.1, -0.05) is 6.58 Å². The molecule has 0 aromatic heterocycles. The Labute approximate surface area is 101 Å². The van der Waals surface area contributed by atoms with Gasteiger partial charge in [0.25, 0.3) is 0 Å². The van der Waals surface area contributed by atoms with Gasteiger partial charge in [-0.15, -0.1) is 0 Å². The molecule has 0 aliphatic heterocycles. The first-order chi connectivity index (χ1) is 7.37. The number of halogens is 3. The van der Waals surface area contributed by atoms with Crippen LogP contribution in [-0.2, 0) is 15.8 Å². The minimum Gasteiger partial charge on any atom is -0.295 e. The third-order valence-electron chi connectivity index (χ3n) is 1.91. The summed E-state index contributed by atoms with van der Waals surface area (Å²) in [6, 6.07) is -2.28. The van der Waals surface area contributed by atoms with E-state index >= 15 is 0 Å². The van der Waals surface area contributed by atoms with Crippen molar-refractivity contribution in [2.45, 2.75) is 44.7 Å². The first kappa shape index (κ1) is 16.3. The summed E-state index contributed by atoms with van der Waals surface area (Å²) in [7, 11) is -1.93. The lowest BCUT2D eigenvalue weighted by molar-refractivity contribution is -0.146. The maximum Gasteiger partial charge on any atom is 0.408 e. The Morgan fingerprint density at radius 3 is 1.94 bits per heavy atom. The minimum atomic E-state index is -4.70. The summed E-state index contributed by atoms with van der Waals surface area (Å²) in [5.74, 6) is -0.786. The number of hydrogen-bond donors (Lipinski definition) is 1. The Kier molecular flexibility index (Phi) is 5.09. The number of hydrogen-bond acceptors (Lipinski definition) is 2. The van der Waals surface area contributed by atoms with E-state index in [1.165, 1.54) is 20.8 Å². The molecule has 0 fully saturated rings. The predicted octanol–water partition coefficient (Wildman–Crippen LogP) is 2.11. The SMILES string of the molecule is C=C(C(C)=O)[C@@H](NS(=O)C(C)(C)C)C(F)(F)F. The number of carbonyl (C=O) groups is 1. The predicted molar refractivity (Wildman–Crippen MR) is 60.7 cm³/mol. The first-order valence-corrected chi connectivity index (χ1v) is 5.97. The van der Waals surface area contributed by atoms with E-state index in [1.807, 2.05) is 4.72 Å². The molecular formula is C10H16F3NO2S. The Bertz CT molecular complexity index is 344. The van der Waals surface area contributed by atoms with Crippen LogP contribution in [0, 0.1) is 0 Å². The van der Waals surface area contributed by atoms with Gasteiger partial charge in [-0.2, -0.15) is 13.2 Å². The standard InChI is InChI=1S/C10H16F3NO2S/c1-6(7(2)15)8(10(11,12)13)14-17(16)9(3,4)5/h8,14H,1H2,2-5H3/t8-,17?/m1/s1. The van der Waals surface area contributed by atoms with Gasteiger partial charge in [0.05, 0.1) is 15.7 Å². The highest BCUT2D eigenvalue weighted by atomic mass is 32.2. The fourth-order valence-electron chi connectivity index (χ4n) is 0.823. The van der Waals surface area contributed by atoms with Crippen LogP contribution in [0.1, 0.15) is 27.7 Å². The normalized spacial score (nSPS) is 16.4. The molecule has 0 rings (SSSR count). The van der Waals surface area contributed by atoms with Crippen molar-refractivity contribution in [1.29, 1.82) is 0 Å². The van der Waals surface area contributed by atoms with Crippen molar-refractivity contribution in [2.24, 2.45) is 0 Å². The van der Waals surface area contributed by atoms with Gasteiger partial charge in [-0.05, 0) is 27.7 Å². The molecule has 0 spiro atoms. The van der Waals surface area contributed by atoms with Crippen LogP contribution in [0.5, 0.6) is 0 Å². The minimum absolute atomic E-state index is 0.643. The van der Waals surface area contributed by atoms with Crippen molar-refractivity contribution < 1.29 is 22.2 Å². The molecule has 0 saturated heterocycles. The summed E-state index contributed by atoms with van der Waals surface area (Å²) < 4.78 is 50.6. The average molecular weight is 271 g/mol. The van der Waals surface area contributed by atoms with Crippen LogP contribution in [0.15, 0.2) is 12.2 Å². The molecule has 100 valence electrons. The van der Waals surface area contributed by atoms with Crippen LogP contribution in [-0.4, -0.2) is 27.0 Å². The lowest BCUT2D eigenvalue weighted by atomic mass is 10.1.